The van der Waals surface area contributed by atoms with Crippen LogP contribution < -0.4 is 0 Å². The van der Waals surface area contributed by atoms with Crippen LogP contribution in [0.25, 0.3) is 0 Å². The van der Waals surface area contributed by atoms with Crippen molar-refractivity contribution in [2.45, 2.75) is 39.5 Å². The van der Waals surface area contributed by atoms with Crippen LogP contribution in [0.1, 0.15) is 39.5 Å². The maximum atomic E-state index is 11.3. The van der Waals surface area contributed by atoms with Crippen molar-refractivity contribution in [2.75, 3.05) is 11.5 Å². The normalized spacial score (nSPS) is 15.9. The van der Waals surface area contributed by atoms with E-state index in [1.165, 1.54) is 0 Å². The number of unbranched alkanes of at least 4 members (excludes halogenated alkanes) is 2. The average molecular weight is 236 g/mol. The van der Waals surface area contributed by atoms with Gasteiger partial charge < -0.3 is 0 Å². The van der Waals surface area contributed by atoms with E-state index in [2.05, 4.69) is 13.8 Å². The molecule has 0 rings (SSSR count). The Kier molecular flexibility index (Phi) is 9.62. The Bertz CT molecular complexity index is 190. The third kappa shape index (κ3) is 8.63. The van der Waals surface area contributed by atoms with Crippen molar-refractivity contribution in [1.82, 2.24) is 0 Å². The Hall–Kier alpha value is 0.0400. The molecule has 0 aliphatic rings. The molecule has 0 saturated carbocycles. The van der Waals surface area contributed by atoms with Crippen LogP contribution in [0.15, 0.2) is 10.8 Å². The van der Waals surface area contributed by atoms with E-state index in [1.807, 2.05) is 0 Å². The molecule has 0 spiro atoms. The zero-order valence-electron chi connectivity index (χ0n) is 9.03. The molecule has 0 amide bonds. The van der Waals surface area contributed by atoms with Gasteiger partial charge >= 0.3 is 0 Å². The van der Waals surface area contributed by atoms with Gasteiger partial charge in [0.1, 0.15) is 0 Å². The molecule has 0 aromatic carbocycles. The maximum Gasteiger partial charge on any atom is 0.0462 e. The van der Waals surface area contributed by atoms with Crippen LogP contribution in [0.4, 0.5) is 0 Å². The number of hydrogen-bond acceptors (Lipinski definition) is 2. The van der Waals surface area contributed by atoms with E-state index in [1.54, 1.807) is 10.8 Å². The first-order valence-corrected chi connectivity index (χ1v) is 7.89. The van der Waals surface area contributed by atoms with Crippen molar-refractivity contribution in [3.63, 3.8) is 0 Å². The molecule has 0 bridgehead atoms. The second-order valence-electron chi connectivity index (χ2n) is 3.15. The largest absolute Gasteiger partial charge is 0.255 e. The summed E-state index contributed by atoms with van der Waals surface area (Å²) < 4.78 is 22.5. The van der Waals surface area contributed by atoms with Gasteiger partial charge in [-0.15, -0.1) is 0 Å². The Morgan fingerprint density at radius 3 is 1.50 bits per heavy atom. The number of hydrogen-bond donors (Lipinski definition) is 0. The Labute approximate surface area is 92.1 Å². The third-order valence-corrected chi connectivity index (χ3v) is 4.19. The highest BCUT2D eigenvalue weighted by atomic mass is 32.2. The second kappa shape index (κ2) is 9.59. The summed E-state index contributed by atoms with van der Waals surface area (Å²) in [7, 11) is -1.84. The molecule has 4 heteroatoms. The van der Waals surface area contributed by atoms with Crippen LogP contribution in [-0.2, 0) is 21.6 Å². The molecule has 0 N–H and O–H groups in total. The monoisotopic (exact) mass is 236 g/mol. The first kappa shape index (κ1) is 14.0. The van der Waals surface area contributed by atoms with Crippen LogP contribution >= 0.6 is 0 Å². The predicted octanol–water partition coefficient (Wildman–Crippen LogP) is 2.56. The summed E-state index contributed by atoms with van der Waals surface area (Å²) in [4.78, 5) is 0. The summed E-state index contributed by atoms with van der Waals surface area (Å²) in [6, 6.07) is 0. The zero-order chi connectivity index (χ0) is 10.8. The lowest BCUT2D eigenvalue weighted by Gasteiger charge is -1.94. The van der Waals surface area contributed by atoms with Crippen molar-refractivity contribution in [3.8, 4) is 0 Å². The van der Waals surface area contributed by atoms with Gasteiger partial charge in [-0.3, -0.25) is 8.42 Å². The molecule has 0 aromatic heterocycles. The quantitative estimate of drug-likeness (QED) is 0.649. The van der Waals surface area contributed by atoms with Gasteiger partial charge in [0, 0.05) is 43.9 Å². The smallest absolute Gasteiger partial charge is 0.0462 e. The van der Waals surface area contributed by atoms with Crippen molar-refractivity contribution >= 4 is 21.6 Å². The molecule has 0 aliphatic heterocycles. The summed E-state index contributed by atoms with van der Waals surface area (Å²) in [5.41, 5.74) is 0. The van der Waals surface area contributed by atoms with E-state index in [-0.39, 0.29) is 0 Å². The van der Waals surface area contributed by atoms with E-state index in [4.69, 9.17) is 0 Å². The minimum absolute atomic E-state index is 0.692. The van der Waals surface area contributed by atoms with Crippen molar-refractivity contribution < 1.29 is 8.42 Å². The van der Waals surface area contributed by atoms with E-state index in [9.17, 15) is 8.42 Å². The highest BCUT2D eigenvalue weighted by molar-refractivity contribution is 7.91. The molecular weight excluding hydrogens is 216 g/mol. The average Bonchev–Trinajstić information content (AvgIpc) is 2.20. The van der Waals surface area contributed by atoms with Crippen molar-refractivity contribution in [3.05, 3.63) is 10.8 Å². The summed E-state index contributed by atoms with van der Waals surface area (Å²) in [6.45, 7) is 4.14. The molecular formula is C10H20O2S2. The minimum atomic E-state index is -0.920. The van der Waals surface area contributed by atoms with Gasteiger partial charge in [0.25, 0.3) is 0 Å². The molecule has 0 heterocycles. The van der Waals surface area contributed by atoms with Gasteiger partial charge in [-0.2, -0.15) is 0 Å². The first-order chi connectivity index (χ1) is 6.70. The fourth-order valence-electron chi connectivity index (χ4n) is 0.833. The third-order valence-electron chi connectivity index (χ3n) is 1.76. The molecule has 0 aliphatic carbocycles. The topological polar surface area (TPSA) is 34.1 Å². The molecule has 0 aromatic rings. The summed E-state index contributed by atoms with van der Waals surface area (Å²) in [6.07, 6.45) is 4.05. The fourth-order valence-corrected chi connectivity index (χ4v) is 3.24. The van der Waals surface area contributed by atoms with E-state index < -0.39 is 21.6 Å². The molecule has 0 saturated heterocycles. The Balaban J connectivity index is 3.68. The highest BCUT2D eigenvalue weighted by Crippen LogP contribution is 1.97. The number of rotatable bonds is 8. The lowest BCUT2D eigenvalue weighted by atomic mass is 10.4. The van der Waals surface area contributed by atoms with Crippen molar-refractivity contribution in [2.24, 2.45) is 0 Å². The molecule has 14 heavy (non-hydrogen) atoms. The van der Waals surface area contributed by atoms with Crippen LogP contribution in [-0.4, -0.2) is 19.9 Å². The maximum absolute atomic E-state index is 11.3. The van der Waals surface area contributed by atoms with Gasteiger partial charge in [-0.1, -0.05) is 26.7 Å². The van der Waals surface area contributed by atoms with Crippen molar-refractivity contribution in [1.29, 1.82) is 0 Å². The lowest BCUT2D eigenvalue weighted by Crippen LogP contribution is -1.95. The lowest BCUT2D eigenvalue weighted by molar-refractivity contribution is 0.682. The highest BCUT2D eigenvalue weighted by Gasteiger charge is 1.96. The van der Waals surface area contributed by atoms with Crippen LogP contribution in [0.3, 0.4) is 0 Å². The standard InChI is InChI=1S/C10H20O2S2/c1-3-5-7-13(11)9-10-14(12)8-6-4-2/h9-10H,3-8H2,1-2H3/b10-9+/t13-,14+. The van der Waals surface area contributed by atoms with Crippen LogP contribution in [0, 0.1) is 0 Å². The van der Waals surface area contributed by atoms with Gasteiger partial charge in [-0.05, 0) is 12.8 Å². The molecule has 0 fully saturated rings. The second-order valence-corrected chi connectivity index (χ2v) is 6.03. The zero-order valence-corrected chi connectivity index (χ0v) is 10.7. The molecule has 0 radical (unpaired) electrons. The van der Waals surface area contributed by atoms with Gasteiger partial charge in [-0.25, -0.2) is 0 Å². The van der Waals surface area contributed by atoms with E-state index in [0.717, 1.165) is 25.7 Å². The van der Waals surface area contributed by atoms with Gasteiger partial charge in [0.05, 0.1) is 0 Å². The summed E-state index contributed by atoms with van der Waals surface area (Å²) in [5.74, 6) is 1.38. The van der Waals surface area contributed by atoms with Gasteiger partial charge in [0.2, 0.25) is 0 Å². The van der Waals surface area contributed by atoms with Gasteiger partial charge in [0.15, 0.2) is 0 Å². The fraction of sp³-hybridized carbons (Fsp3) is 0.800. The predicted molar refractivity (Wildman–Crippen MR) is 65.0 cm³/mol. The summed E-state index contributed by atoms with van der Waals surface area (Å²) in [5, 5.41) is 3.17. The molecule has 2 nitrogen and oxygen atoms in total. The molecule has 84 valence electrons. The van der Waals surface area contributed by atoms with Crippen LogP contribution in [0.2, 0.25) is 0 Å². The SMILES string of the molecule is CCCC[S@](=O)/C=C/[S@](=O)CCCC. The molecule has 2 atom stereocenters. The Morgan fingerprint density at radius 1 is 0.857 bits per heavy atom. The van der Waals surface area contributed by atoms with E-state index in [0.29, 0.717) is 11.5 Å². The minimum Gasteiger partial charge on any atom is -0.255 e. The Morgan fingerprint density at radius 2 is 1.21 bits per heavy atom. The molecule has 0 unspecified atom stereocenters. The first-order valence-electron chi connectivity index (χ1n) is 5.13. The van der Waals surface area contributed by atoms with E-state index >= 15 is 0 Å². The van der Waals surface area contributed by atoms with Crippen LogP contribution in [0.5, 0.6) is 0 Å². The summed E-state index contributed by atoms with van der Waals surface area (Å²) >= 11 is 0.